The molecule has 5 nitrogen and oxygen atoms in total. The Morgan fingerprint density at radius 1 is 1.17 bits per heavy atom. The first-order chi connectivity index (χ1) is 13.5. The number of allylic oxidation sites excluding steroid dienone is 2. The van der Waals surface area contributed by atoms with Crippen LogP contribution in [0.2, 0.25) is 25.7 Å². The van der Waals surface area contributed by atoms with Crippen molar-refractivity contribution in [3.63, 3.8) is 0 Å². The van der Waals surface area contributed by atoms with E-state index in [9.17, 15) is 9.59 Å². The molecule has 0 saturated carbocycles. The number of fused-ring (bicyclic) bond motifs is 1. The molecule has 0 aromatic heterocycles. The Morgan fingerprint density at radius 2 is 1.86 bits per heavy atom. The molecule has 0 bridgehead atoms. The fraction of sp³-hybridized carbons (Fsp3) is 0.565. The summed E-state index contributed by atoms with van der Waals surface area (Å²) in [5.74, 6) is 1.20. The first kappa shape index (κ1) is 23.2. The Balaban J connectivity index is 2.44. The summed E-state index contributed by atoms with van der Waals surface area (Å²) in [5.41, 5.74) is 4.34. The van der Waals surface area contributed by atoms with E-state index in [1.807, 2.05) is 13.8 Å². The molecule has 0 atom stereocenters. The number of carbonyl (C=O) groups is 2. The van der Waals surface area contributed by atoms with Crippen LogP contribution in [0.25, 0.3) is 0 Å². The Hall–Kier alpha value is -2.08. The summed E-state index contributed by atoms with van der Waals surface area (Å²) in [6, 6.07) is 1.000. The van der Waals surface area contributed by atoms with Gasteiger partial charge in [-0.3, -0.25) is 0 Å². The van der Waals surface area contributed by atoms with E-state index in [0.717, 1.165) is 40.5 Å². The maximum atomic E-state index is 12.5. The molecule has 1 aromatic carbocycles. The number of hydrogen-bond acceptors (Lipinski definition) is 5. The lowest BCUT2D eigenvalue weighted by molar-refractivity contribution is -0.116. The number of rotatable bonds is 10. The molecule has 0 saturated heterocycles. The molecule has 160 valence electrons. The van der Waals surface area contributed by atoms with Crippen LogP contribution >= 0.6 is 0 Å². The van der Waals surface area contributed by atoms with Crippen molar-refractivity contribution in [3.8, 4) is 11.5 Å². The van der Waals surface area contributed by atoms with Crippen molar-refractivity contribution in [3.05, 3.63) is 33.9 Å². The van der Waals surface area contributed by atoms with E-state index in [2.05, 4.69) is 25.7 Å². The highest BCUT2D eigenvalue weighted by molar-refractivity contribution is 6.76. The van der Waals surface area contributed by atoms with Crippen LogP contribution in [-0.4, -0.2) is 33.5 Å². The SMILES string of the molecule is COc1c(C)c2c(c(OCC[Si](C)(C)C)c1C/C=C(\C)CCC(C)=O)C(=O)OC2. The van der Waals surface area contributed by atoms with Crippen molar-refractivity contribution in [1.29, 1.82) is 0 Å². The van der Waals surface area contributed by atoms with Crippen molar-refractivity contribution in [2.75, 3.05) is 13.7 Å². The summed E-state index contributed by atoms with van der Waals surface area (Å²) in [4.78, 5) is 23.7. The van der Waals surface area contributed by atoms with E-state index < -0.39 is 8.07 Å². The fourth-order valence-electron chi connectivity index (χ4n) is 3.38. The van der Waals surface area contributed by atoms with Gasteiger partial charge in [0, 0.05) is 25.6 Å². The molecule has 1 heterocycles. The van der Waals surface area contributed by atoms with Gasteiger partial charge >= 0.3 is 5.97 Å². The zero-order chi connectivity index (χ0) is 21.8. The number of esters is 1. The van der Waals surface area contributed by atoms with Gasteiger partial charge in [-0.25, -0.2) is 4.79 Å². The van der Waals surface area contributed by atoms with Gasteiger partial charge in [0.05, 0.1) is 13.7 Å². The molecule has 1 aromatic rings. The standard InChI is InChI=1S/C23H34O5Si/c1-15(8-10-16(2)24)9-11-18-21(26-4)17(3)19-14-28-23(25)20(19)22(18)27-12-13-29(5,6)7/h9H,8,10-14H2,1-7H3/b15-9+. The predicted octanol–water partition coefficient (Wildman–Crippen LogP) is 5.25. The highest BCUT2D eigenvalue weighted by atomic mass is 28.3. The third kappa shape index (κ3) is 5.95. The monoisotopic (exact) mass is 418 g/mol. The summed E-state index contributed by atoms with van der Waals surface area (Å²) in [7, 11) is 0.369. The van der Waals surface area contributed by atoms with Gasteiger partial charge in [0.25, 0.3) is 0 Å². The average molecular weight is 419 g/mol. The molecule has 0 fully saturated rings. The summed E-state index contributed by atoms with van der Waals surface area (Å²) in [5, 5.41) is 0. The number of ketones is 1. The number of benzene rings is 1. The van der Waals surface area contributed by atoms with Crippen LogP contribution in [0.3, 0.4) is 0 Å². The van der Waals surface area contributed by atoms with Crippen LogP contribution in [0.4, 0.5) is 0 Å². The van der Waals surface area contributed by atoms with Gasteiger partial charge in [-0.15, -0.1) is 0 Å². The molecule has 0 unspecified atom stereocenters. The van der Waals surface area contributed by atoms with Gasteiger partial charge in [-0.05, 0) is 45.2 Å². The van der Waals surface area contributed by atoms with E-state index in [0.29, 0.717) is 30.8 Å². The highest BCUT2D eigenvalue weighted by Gasteiger charge is 2.33. The number of hydrogen-bond donors (Lipinski definition) is 0. The molecule has 0 amide bonds. The number of ether oxygens (including phenoxy) is 3. The predicted molar refractivity (Wildman–Crippen MR) is 118 cm³/mol. The second kappa shape index (κ2) is 9.61. The Morgan fingerprint density at radius 3 is 2.45 bits per heavy atom. The zero-order valence-corrected chi connectivity index (χ0v) is 19.9. The van der Waals surface area contributed by atoms with Crippen LogP contribution < -0.4 is 9.47 Å². The smallest absolute Gasteiger partial charge is 0.342 e. The van der Waals surface area contributed by atoms with E-state index >= 15 is 0 Å². The molecule has 1 aliphatic heterocycles. The minimum absolute atomic E-state index is 0.182. The summed E-state index contributed by atoms with van der Waals surface area (Å²) < 4.78 is 17.3. The second-order valence-electron chi connectivity index (χ2n) is 9.01. The maximum absolute atomic E-state index is 12.5. The number of Topliss-reactive ketones (excluding diaryl/α,β-unsaturated/α-hetero) is 1. The molecule has 29 heavy (non-hydrogen) atoms. The fourth-order valence-corrected chi connectivity index (χ4v) is 4.09. The van der Waals surface area contributed by atoms with E-state index in [4.69, 9.17) is 14.2 Å². The molecular weight excluding hydrogens is 384 g/mol. The van der Waals surface area contributed by atoms with Crippen molar-refractivity contribution < 1.29 is 23.8 Å². The van der Waals surface area contributed by atoms with Gasteiger partial charge in [-0.2, -0.15) is 0 Å². The van der Waals surface area contributed by atoms with E-state index in [1.165, 1.54) is 0 Å². The van der Waals surface area contributed by atoms with Gasteiger partial charge < -0.3 is 19.0 Å². The first-order valence-corrected chi connectivity index (χ1v) is 13.9. The average Bonchev–Trinajstić information content (AvgIpc) is 3.01. The molecule has 6 heteroatoms. The second-order valence-corrected chi connectivity index (χ2v) is 14.6. The third-order valence-corrected chi connectivity index (χ3v) is 6.95. The van der Waals surface area contributed by atoms with Crippen molar-refractivity contribution in [1.82, 2.24) is 0 Å². The summed E-state index contributed by atoms with van der Waals surface area (Å²) in [6.07, 6.45) is 3.94. The zero-order valence-electron chi connectivity index (χ0n) is 18.9. The van der Waals surface area contributed by atoms with Crippen LogP contribution in [-0.2, 0) is 22.6 Å². The minimum Gasteiger partial charge on any atom is -0.496 e. The molecule has 0 spiro atoms. The van der Waals surface area contributed by atoms with E-state index in [-0.39, 0.29) is 18.4 Å². The maximum Gasteiger partial charge on any atom is 0.342 e. The molecular formula is C23H34O5Si. The topological polar surface area (TPSA) is 61.8 Å². The molecule has 2 rings (SSSR count). The number of carbonyl (C=O) groups excluding carboxylic acids is 2. The van der Waals surface area contributed by atoms with Gasteiger partial charge in [0.2, 0.25) is 0 Å². The Kier molecular flexibility index (Phi) is 7.69. The van der Waals surface area contributed by atoms with Gasteiger partial charge in [-0.1, -0.05) is 31.3 Å². The van der Waals surface area contributed by atoms with Crippen LogP contribution in [0.5, 0.6) is 11.5 Å². The summed E-state index contributed by atoms with van der Waals surface area (Å²) in [6.45, 7) is 13.3. The lowest BCUT2D eigenvalue weighted by Gasteiger charge is -2.21. The molecule has 0 aliphatic carbocycles. The normalized spacial score (nSPS) is 13.9. The molecule has 0 radical (unpaired) electrons. The lowest BCUT2D eigenvalue weighted by Crippen LogP contribution is -2.23. The van der Waals surface area contributed by atoms with Gasteiger partial charge in [0.1, 0.15) is 29.5 Å². The Bertz CT molecular complexity index is 818. The number of cyclic esters (lactones) is 1. The molecule has 1 aliphatic rings. The van der Waals surface area contributed by atoms with Crippen LogP contribution in [0, 0.1) is 6.92 Å². The quantitative estimate of drug-likeness (QED) is 0.295. The van der Waals surface area contributed by atoms with Crippen LogP contribution in [0.15, 0.2) is 11.6 Å². The molecule has 0 N–H and O–H groups in total. The highest BCUT2D eigenvalue weighted by Crippen LogP contribution is 2.43. The number of methoxy groups -OCH3 is 1. The van der Waals surface area contributed by atoms with Crippen LogP contribution in [0.1, 0.15) is 53.7 Å². The van der Waals surface area contributed by atoms with Crippen molar-refractivity contribution >= 4 is 19.8 Å². The summed E-state index contributed by atoms with van der Waals surface area (Å²) >= 11 is 0. The Labute approximate surface area is 175 Å². The lowest BCUT2D eigenvalue weighted by atomic mass is 9.94. The largest absolute Gasteiger partial charge is 0.496 e. The minimum atomic E-state index is -1.28. The van der Waals surface area contributed by atoms with Crippen molar-refractivity contribution in [2.45, 2.75) is 72.3 Å². The third-order valence-electron chi connectivity index (χ3n) is 5.25. The van der Waals surface area contributed by atoms with Crippen molar-refractivity contribution in [2.24, 2.45) is 0 Å². The van der Waals surface area contributed by atoms with Gasteiger partial charge in [0.15, 0.2) is 0 Å². The first-order valence-electron chi connectivity index (χ1n) is 10.2. The van der Waals surface area contributed by atoms with E-state index in [1.54, 1.807) is 14.0 Å².